The van der Waals surface area contributed by atoms with Crippen molar-refractivity contribution < 1.29 is 26.7 Å². The Morgan fingerprint density at radius 3 is 1.05 bits per heavy atom. The zero-order valence-electron chi connectivity index (χ0n) is 35.1. The van der Waals surface area contributed by atoms with E-state index in [9.17, 15) is 9.59 Å². The van der Waals surface area contributed by atoms with Crippen LogP contribution >= 0.6 is 15.9 Å². The van der Waals surface area contributed by atoms with Gasteiger partial charge in [0.25, 0.3) is 0 Å². The number of anilines is 1. The molecule has 0 radical (unpaired) electrons. The van der Waals surface area contributed by atoms with Crippen LogP contribution in [0, 0.1) is 23.2 Å². The van der Waals surface area contributed by atoms with Crippen molar-refractivity contribution in [1.29, 1.82) is 10.5 Å². The number of nitrogen functional groups attached to an aromatic ring is 1. The predicted octanol–water partition coefficient (Wildman–Crippen LogP) is 8.72. The van der Waals surface area contributed by atoms with E-state index in [1.807, 2.05) is 47.6 Å². The Labute approximate surface area is 361 Å². The SMILES string of the molecule is CC(=O)c1cnc(C(C)C)cn1.CC(=O)c1cnc(C(C)C)cn1.CC(C)c1cnc(Br)cn1.CC(C)c1cnc(C#N)cn1.CC(C)c1cnc(N)cn1.[C-]#N.[Cu+]. The summed E-state index contributed by atoms with van der Waals surface area (Å²) >= 11 is 3.22. The van der Waals surface area contributed by atoms with Crippen LogP contribution in [0.1, 0.15) is 168 Å². The number of halogens is 1. The standard InChI is InChI=1S/2C9H12N2O.C8H9N3.C7H9BrN2.C7H11N3.CN.Cu/c2*1-6(2)8-4-11-9(5-10-8)7(3)12;1-6(2)8-5-10-7(3-9)4-11-8;2*1-5(2)6-3-10-7(8)4-9-6;1-2;/h2*4-6H,1-3H3;4-6H,1-2H3;3-5H,1-2H3;3-5H,1-2H3,(H2,8,10);;/q;;;;;-1;+1. The fourth-order valence-corrected chi connectivity index (χ4v) is 3.80. The number of nitrogens with zero attached hydrogens (tertiary/aromatic N) is 12. The average Bonchev–Trinajstić information content (AvgIpc) is 3.20. The minimum atomic E-state index is -0.0437. The Morgan fingerprint density at radius 2 is 0.828 bits per heavy atom. The molecule has 0 aliphatic rings. The van der Waals surface area contributed by atoms with E-state index in [0.29, 0.717) is 52.5 Å². The number of hydrogen-bond acceptors (Lipinski definition) is 15. The van der Waals surface area contributed by atoms with Crippen LogP contribution in [-0.4, -0.2) is 61.4 Å². The normalized spacial score (nSPS) is 9.71. The minimum absolute atomic E-state index is 0. The van der Waals surface area contributed by atoms with Crippen molar-refractivity contribution in [3.63, 3.8) is 0 Å². The van der Waals surface area contributed by atoms with Crippen LogP contribution in [0.5, 0.6) is 0 Å². The maximum atomic E-state index is 10.8. The third-order valence-corrected chi connectivity index (χ3v) is 7.55. The first-order valence-corrected chi connectivity index (χ1v) is 18.8. The number of nitriles is 1. The van der Waals surface area contributed by atoms with E-state index >= 15 is 0 Å². The summed E-state index contributed by atoms with van der Waals surface area (Å²) in [5, 5.41) is 14.7. The Hall–Kier alpha value is -5.48. The third kappa shape index (κ3) is 22.3. The van der Waals surface area contributed by atoms with E-state index in [1.165, 1.54) is 32.4 Å². The van der Waals surface area contributed by atoms with Crippen molar-refractivity contribution in [1.82, 2.24) is 49.8 Å². The number of carbonyl (C=O) groups excluding carboxylic acids is 2. The molecule has 0 atom stereocenters. The second-order valence-corrected chi connectivity index (χ2v) is 14.4. The predicted molar refractivity (Wildman–Crippen MR) is 222 cm³/mol. The summed E-state index contributed by atoms with van der Waals surface area (Å²) in [7, 11) is 0. The molecule has 0 unspecified atom stereocenters. The smallest absolute Gasteiger partial charge is 0.512 e. The van der Waals surface area contributed by atoms with E-state index in [2.05, 4.69) is 93.5 Å². The van der Waals surface area contributed by atoms with Gasteiger partial charge in [-0.2, -0.15) is 5.26 Å². The Balaban J connectivity index is 0. The second-order valence-electron chi connectivity index (χ2n) is 13.6. The zero-order chi connectivity index (χ0) is 43.7. The largest absolute Gasteiger partial charge is 1.00 e. The molecule has 0 aromatic carbocycles. The first-order valence-electron chi connectivity index (χ1n) is 18.0. The molecule has 5 heterocycles. The molecule has 5 aromatic rings. The molecular weight excluding hydrogens is 850 g/mol. The molecule has 0 aliphatic heterocycles. The van der Waals surface area contributed by atoms with Crippen LogP contribution in [0.15, 0.2) is 66.6 Å². The van der Waals surface area contributed by atoms with Crippen LogP contribution in [0.2, 0.25) is 0 Å². The maximum Gasteiger partial charge on any atom is 1.00 e. The first kappa shape index (κ1) is 54.6. The van der Waals surface area contributed by atoms with Crippen LogP contribution in [0.25, 0.3) is 0 Å². The molecule has 0 fully saturated rings. The molecule has 17 heteroatoms. The maximum absolute atomic E-state index is 10.8. The van der Waals surface area contributed by atoms with E-state index in [0.717, 1.165) is 33.1 Å². The average molecular weight is 903 g/mol. The summed E-state index contributed by atoms with van der Waals surface area (Å²) < 4.78 is 0.789. The molecule has 0 saturated heterocycles. The number of Topliss-reactive ketones (excluding diaryl/α,β-unsaturated/α-hetero) is 2. The number of carbonyl (C=O) groups is 2. The summed E-state index contributed by atoms with van der Waals surface area (Å²) in [4.78, 5) is 62.0. The van der Waals surface area contributed by atoms with Crippen LogP contribution in [-0.2, 0) is 17.1 Å². The van der Waals surface area contributed by atoms with Crippen molar-refractivity contribution in [2.45, 2.75) is 113 Å². The molecule has 58 heavy (non-hydrogen) atoms. The van der Waals surface area contributed by atoms with Gasteiger partial charge in [0.1, 0.15) is 27.9 Å². The summed E-state index contributed by atoms with van der Waals surface area (Å²) in [5.41, 5.74) is 11.3. The molecule has 5 rings (SSSR count). The van der Waals surface area contributed by atoms with E-state index < -0.39 is 0 Å². The van der Waals surface area contributed by atoms with Gasteiger partial charge in [-0.3, -0.25) is 34.5 Å². The molecule has 0 amide bonds. The molecule has 0 bridgehead atoms. The Bertz CT molecular complexity index is 1840. The molecule has 2 N–H and O–H groups in total. The van der Waals surface area contributed by atoms with Gasteiger partial charge in [0.15, 0.2) is 17.3 Å². The monoisotopic (exact) mass is 901 g/mol. The first-order chi connectivity index (χ1) is 26.9. The fourth-order valence-electron chi connectivity index (χ4n) is 3.60. The van der Waals surface area contributed by atoms with Crippen molar-refractivity contribution in [3.8, 4) is 6.07 Å². The van der Waals surface area contributed by atoms with Crippen LogP contribution < -0.4 is 5.73 Å². The molecule has 312 valence electrons. The van der Waals surface area contributed by atoms with Gasteiger partial charge in [0.2, 0.25) is 0 Å². The summed E-state index contributed by atoms with van der Waals surface area (Å²) in [6, 6.07) is 1.92. The van der Waals surface area contributed by atoms with Crippen molar-refractivity contribution >= 4 is 33.3 Å². The van der Waals surface area contributed by atoms with Gasteiger partial charge in [-0.25, -0.2) is 24.9 Å². The van der Waals surface area contributed by atoms with Gasteiger partial charge in [0.05, 0.1) is 71.8 Å². The number of aromatic nitrogens is 10. The quantitative estimate of drug-likeness (QED) is 0.0913. The van der Waals surface area contributed by atoms with E-state index in [1.54, 1.807) is 43.4 Å². The Morgan fingerprint density at radius 1 is 0.517 bits per heavy atom. The molecule has 0 aliphatic carbocycles. The van der Waals surface area contributed by atoms with Gasteiger partial charge >= 0.3 is 17.1 Å². The Kier molecular flexibility index (Phi) is 28.0. The van der Waals surface area contributed by atoms with Crippen molar-refractivity contribution in [3.05, 3.63) is 119 Å². The summed E-state index contributed by atoms with van der Waals surface area (Å²) in [6.45, 7) is 28.3. The fraction of sp³-hybridized carbons (Fsp3) is 0.415. The van der Waals surface area contributed by atoms with Gasteiger partial charge in [-0.05, 0) is 45.5 Å². The summed E-state index contributed by atoms with van der Waals surface area (Å²) in [6.07, 6.45) is 16.3. The van der Waals surface area contributed by atoms with Gasteiger partial charge in [0, 0.05) is 32.4 Å². The van der Waals surface area contributed by atoms with Gasteiger partial charge < -0.3 is 17.6 Å². The zero-order valence-corrected chi connectivity index (χ0v) is 37.6. The molecule has 15 nitrogen and oxygen atoms in total. The van der Waals surface area contributed by atoms with E-state index in [-0.39, 0.29) is 28.6 Å². The topological polar surface area (TPSA) is 237 Å². The molecule has 5 aromatic heterocycles. The number of nitrogens with two attached hydrogens (primary N) is 1. The van der Waals surface area contributed by atoms with Crippen LogP contribution in [0.4, 0.5) is 5.82 Å². The minimum Gasteiger partial charge on any atom is -0.512 e. The number of ketones is 2. The number of hydrogen-bond donors (Lipinski definition) is 1. The molecular formula is C41H53BrCuN13O2. The van der Waals surface area contributed by atoms with Crippen LogP contribution in [0.3, 0.4) is 0 Å². The van der Waals surface area contributed by atoms with Gasteiger partial charge in [-0.15, -0.1) is 0 Å². The van der Waals surface area contributed by atoms with E-state index in [4.69, 9.17) is 22.8 Å². The summed E-state index contributed by atoms with van der Waals surface area (Å²) in [5.74, 6) is 2.36. The third-order valence-electron chi connectivity index (χ3n) is 7.14. The molecule has 0 saturated carbocycles. The van der Waals surface area contributed by atoms with Gasteiger partial charge in [-0.1, -0.05) is 69.2 Å². The second kappa shape index (κ2) is 29.7. The number of rotatable bonds is 7. The van der Waals surface area contributed by atoms with Crippen molar-refractivity contribution in [2.24, 2.45) is 0 Å². The van der Waals surface area contributed by atoms with Crippen molar-refractivity contribution in [2.75, 3.05) is 5.73 Å². The molecule has 0 spiro atoms.